The molecule has 1 aromatic carbocycles. The highest BCUT2D eigenvalue weighted by Gasteiger charge is 2.26. The van der Waals surface area contributed by atoms with E-state index in [1.165, 1.54) is 16.0 Å². The second kappa shape index (κ2) is 7.61. The van der Waals surface area contributed by atoms with Crippen molar-refractivity contribution in [2.24, 2.45) is 0 Å². The number of hydrogen-bond donors (Lipinski definition) is 1. The molecular weight excluding hydrogens is 334 g/mol. The van der Waals surface area contributed by atoms with Crippen molar-refractivity contribution in [2.75, 3.05) is 18.4 Å². The monoisotopic (exact) mass is 355 g/mol. The number of aromatic nitrogens is 1. The Bertz CT molecular complexity index is 791. The molecule has 0 aliphatic carbocycles. The average Bonchev–Trinajstić information content (AvgIpc) is 3.08. The number of benzene rings is 1. The summed E-state index contributed by atoms with van der Waals surface area (Å²) in [6.07, 6.45) is 5.00. The number of hydrogen-bond acceptors (Lipinski definition) is 4. The predicted octanol–water partition coefficient (Wildman–Crippen LogP) is 3.60. The van der Waals surface area contributed by atoms with Gasteiger partial charge >= 0.3 is 0 Å². The molecule has 25 heavy (non-hydrogen) atoms. The van der Waals surface area contributed by atoms with E-state index in [9.17, 15) is 9.59 Å². The summed E-state index contributed by atoms with van der Waals surface area (Å²) < 4.78 is 0. The summed E-state index contributed by atoms with van der Waals surface area (Å²) in [7, 11) is 0. The van der Waals surface area contributed by atoms with Crippen molar-refractivity contribution >= 4 is 28.8 Å². The Hall–Kier alpha value is -2.47. The van der Waals surface area contributed by atoms with Crippen LogP contribution in [0.2, 0.25) is 0 Å². The molecule has 1 aliphatic rings. The number of piperidine rings is 1. The van der Waals surface area contributed by atoms with Gasteiger partial charge in [-0.1, -0.05) is 12.6 Å². The minimum absolute atomic E-state index is 0.00321. The van der Waals surface area contributed by atoms with E-state index < -0.39 is 0 Å². The van der Waals surface area contributed by atoms with Gasteiger partial charge in [-0.05, 0) is 44.0 Å². The van der Waals surface area contributed by atoms with E-state index in [4.69, 9.17) is 0 Å². The number of nitrogens with one attached hydrogen (secondary N) is 1. The highest BCUT2D eigenvalue weighted by molar-refractivity contribution is 7.11. The maximum absolute atomic E-state index is 12.7. The highest BCUT2D eigenvalue weighted by atomic mass is 32.1. The summed E-state index contributed by atoms with van der Waals surface area (Å²) in [5.41, 5.74) is 1.19. The SMILES string of the molecule is C=CC(=O)Nc1cccc(C(=O)N2CCC(c3ncc(C)s3)CC2)c1. The lowest BCUT2D eigenvalue weighted by Gasteiger charge is -2.31. The van der Waals surface area contributed by atoms with Crippen molar-refractivity contribution in [1.82, 2.24) is 9.88 Å². The zero-order valence-electron chi connectivity index (χ0n) is 14.2. The minimum Gasteiger partial charge on any atom is -0.339 e. The molecule has 5 nitrogen and oxygen atoms in total. The molecule has 3 rings (SSSR count). The van der Waals surface area contributed by atoms with E-state index in [-0.39, 0.29) is 11.8 Å². The van der Waals surface area contributed by atoms with Crippen LogP contribution >= 0.6 is 11.3 Å². The summed E-state index contributed by atoms with van der Waals surface area (Å²) in [5, 5.41) is 3.87. The Morgan fingerprint density at radius 1 is 1.36 bits per heavy atom. The molecule has 0 atom stereocenters. The van der Waals surface area contributed by atoms with Crippen molar-refractivity contribution in [3.05, 3.63) is 58.6 Å². The van der Waals surface area contributed by atoms with Crippen molar-refractivity contribution in [1.29, 1.82) is 0 Å². The van der Waals surface area contributed by atoms with Crippen LogP contribution in [0.3, 0.4) is 0 Å². The van der Waals surface area contributed by atoms with Gasteiger partial charge in [0.25, 0.3) is 5.91 Å². The first kappa shape index (κ1) is 17.4. The second-order valence-corrected chi connectivity index (χ2v) is 7.42. The smallest absolute Gasteiger partial charge is 0.253 e. The third kappa shape index (κ3) is 4.14. The van der Waals surface area contributed by atoms with E-state index in [2.05, 4.69) is 23.8 Å². The fourth-order valence-electron chi connectivity index (χ4n) is 3.00. The van der Waals surface area contributed by atoms with E-state index in [0.717, 1.165) is 25.9 Å². The van der Waals surface area contributed by atoms with Crippen molar-refractivity contribution in [3.8, 4) is 0 Å². The van der Waals surface area contributed by atoms with Gasteiger partial charge in [0, 0.05) is 41.3 Å². The van der Waals surface area contributed by atoms with Gasteiger partial charge in [0.1, 0.15) is 0 Å². The van der Waals surface area contributed by atoms with Crippen LogP contribution in [0.15, 0.2) is 43.1 Å². The molecule has 6 heteroatoms. The first-order valence-electron chi connectivity index (χ1n) is 8.32. The van der Waals surface area contributed by atoms with Crippen molar-refractivity contribution in [3.63, 3.8) is 0 Å². The van der Waals surface area contributed by atoms with E-state index >= 15 is 0 Å². The number of anilines is 1. The van der Waals surface area contributed by atoms with Crippen LogP contribution in [0, 0.1) is 6.92 Å². The van der Waals surface area contributed by atoms with Crippen LogP contribution in [0.1, 0.15) is 39.0 Å². The Morgan fingerprint density at radius 2 is 2.12 bits per heavy atom. The number of likely N-dealkylation sites (tertiary alicyclic amines) is 1. The number of carbonyl (C=O) groups excluding carboxylic acids is 2. The van der Waals surface area contributed by atoms with Crippen molar-refractivity contribution in [2.45, 2.75) is 25.7 Å². The lowest BCUT2D eigenvalue weighted by molar-refractivity contribution is -0.111. The van der Waals surface area contributed by atoms with Crippen LogP contribution in [0.5, 0.6) is 0 Å². The fourth-order valence-corrected chi connectivity index (χ4v) is 3.94. The summed E-state index contributed by atoms with van der Waals surface area (Å²) in [5.74, 6) is 0.161. The summed E-state index contributed by atoms with van der Waals surface area (Å²) in [6, 6.07) is 7.02. The number of carbonyl (C=O) groups is 2. The number of nitrogens with zero attached hydrogens (tertiary/aromatic N) is 2. The van der Waals surface area contributed by atoms with E-state index in [1.54, 1.807) is 35.6 Å². The summed E-state index contributed by atoms with van der Waals surface area (Å²) in [4.78, 5) is 31.7. The maximum Gasteiger partial charge on any atom is 0.253 e. The van der Waals surface area contributed by atoms with Gasteiger partial charge in [0.2, 0.25) is 5.91 Å². The lowest BCUT2D eigenvalue weighted by Crippen LogP contribution is -2.37. The molecule has 1 N–H and O–H groups in total. The largest absolute Gasteiger partial charge is 0.339 e. The lowest BCUT2D eigenvalue weighted by atomic mass is 9.97. The molecule has 0 unspecified atom stereocenters. The molecule has 1 aromatic heterocycles. The zero-order chi connectivity index (χ0) is 17.8. The fraction of sp³-hybridized carbons (Fsp3) is 0.316. The van der Waals surface area contributed by atoms with E-state index in [0.29, 0.717) is 17.2 Å². The second-order valence-electron chi connectivity index (χ2n) is 6.15. The quantitative estimate of drug-likeness (QED) is 0.853. The molecule has 1 aliphatic heterocycles. The van der Waals surface area contributed by atoms with Crippen LogP contribution in [-0.2, 0) is 4.79 Å². The van der Waals surface area contributed by atoms with E-state index in [1.807, 2.05) is 11.1 Å². The summed E-state index contributed by atoms with van der Waals surface area (Å²) in [6.45, 7) is 6.95. The van der Waals surface area contributed by atoms with Gasteiger partial charge in [-0.3, -0.25) is 9.59 Å². The molecule has 0 saturated carbocycles. The molecule has 2 aromatic rings. The van der Waals surface area contributed by atoms with Crippen LogP contribution in [0.4, 0.5) is 5.69 Å². The number of thiazole rings is 1. The topological polar surface area (TPSA) is 62.3 Å². The standard InChI is InChI=1S/C19H21N3O2S/c1-3-17(23)21-16-6-4-5-15(11-16)19(24)22-9-7-14(8-10-22)18-20-12-13(2)25-18/h3-6,11-12,14H,1,7-10H2,2H3,(H,21,23). The molecule has 2 heterocycles. The molecule has 0 spiro atoms. The van der Waals surface area contributed by atoms with Crippen molar-refractivity contribution < 1.29 is 9.59 Å². The van der Waals surface area contributed by atoms with Gasteiger partial charge < -0.3 is 10.2 Å². The Balaban J connectivity index is 1.63. The normalized spacial score (nSPS) is 15.0. The predicted molar refractivity (Wildman–Crippen MR) is 100.0 cm³/mol. The zero-order valence-corrected chi connectivity index (χ0v) is 15.0. The third-order valence-corrected chi connectivity index (χ3v) is 5.41. The first-order chi connectivity index (χ1) is 12.1. The molecular formula is C19H21N3O2S. The van der Waals surface area contributed by atoms with Gasteiger partial charge in [-0.25, -0.2) is 4.98 Å². The molecule has 130 valence electrons. The molecule has 0 bridgehead atoms. The molecule has 1 saturated heterocycles. The Kier molecular flexibility index (Phi) is 5.28. The number of rotatable bonds is 4. The van der Waals surface area contributed by atoms with Gasteiger partial charge in [-0.15, -0.1) is 11.3 Å². The van der Waals surface area contributed by atoms with Crippen LogP contribution in [-0.4, -0.2) is 34.8 Å². The Labute approximate surface area is 151 Å². The Morgan fingerprint density at radius 3 is 2.76 bits per heavy atom. The molecule has 2 amide bonds. The van der Waals surface area contributed by atoms with Gasteiger partial charge in [-0.2, -0.15) is 0 Å². The van der Waals surface area contributed by atoms with Gasteiger partial charge in [0.05, 0.1) is 5.01 Å². The highest BCUT2D eigenvalue weighted by Crippen LogP contribution is 2.31. The number of amides is 2. The van der Waals surface area contributed by atoms with Gasteiger partial charge in [0.15, 0.2) is 0 Å². The third-order valence-electron chi connectivity index (χ3n) is 4.33. The molecule has 1 fully saturated rings. The molecule has 0 radical (unpaired) electrons. The van der Waals surface area contributed by atoms with Crippen LogP contribution < -0.4 is 5.32 Å². The average molecular weight is 355 g/mol. The minimum atomic E-state index is -0.288. The summed E-state index contributed by atoms with van der Waals surface area (Å²) >= 11 is 1.75. The maximum atomic E-state index is 12.7. The van der Waals surface area contributed by atoms with Crippen LogP contribution in [0.25, 0.3) is 0 Å². The number of aryl methyl sites for hydroxylation is 1. The first-order valence-corrected chi connectivity index (χ1v) is 9.13.